The lowest BCUT2D eigenvalue weighted by molar-refractivity contribution is -0.114. The number of benzene rings is 1. The molecule has 0 saturated heterocycles. The first-order valence-electron chi connectivity index (χ1n) is 6.44. The topological polar surface area (TPSA) is 93.5 Å². The Kier molecular flexibility index (Phi) is 4.10. The smallest absolute Gasteiger partial charge is 0.269 e. The summed E-state index contributed by atoms with van der Waals surface area (Å²) >= 11 is 1.48. The summed E-state index contributed by atoms with van der Waals surface area (Å²) in [5, 5.41) is 12.5. The third kappa shape index (κ3) is 3.12. The molecule has 0 amide bonds. The second-order valence-corrected chi connectivity index (χ2v) is 5.44. The Hall–Kier alpha value is -2.74. The number of rotatable bonds is 6. The molecule has 3 aromatic rings. The number of hydrogen-bond donors (Lipinski definition) is 1. The van der Waals surface area contributed by atoms with E-state index in [9.17, 15) is 9.59 Å². The van der Waals surface area contributed by atoms with Crippen LogP contribution in [-0.4, -0.2) is 36.2 Å². The molecule has 0 bridgehead atoms. The summed E-state index contributed by atoms with van der Waals surface area (Å²) in [4.78, 5) is 24.9. The summed E-state index contributed by atoms with van der Waals surface area (Å²) in [7, 11) is 0. The number of aromatic nitrogens is 5. The summed E-state index contributed by atoms with van der Waals surface area (Å²) in [5.74, 6) is -1.53. The molecule has 22 heavy (non-hydrogen) atoms. The highest BCUT2D eigenvalue weighted by molar-refractivity contribution is 7.97. The van der Waals surface area contributed by atoms with Gasteiger partial charge in [0, 0.05) is 16.8 Å². The van der Waals surface area contributed by atoms with Gasteiger partial charge in [-0.15, -0.1) is 10.2 Å². The van der Waals surface area contributed by atoms with Crippen LogP contribution in [0, 0.1) is 0 Å². The zero-order valence-corrected chi connectivity index (χ0v) is 12.2. The number of nitrogens with zero attached hydrogens (tertiary/aromatic N) is 4. The molecule has 0 atom stereocenters. The van der Waals surface area contributed by atoms with Crippen molar-refractivity contribution in [1.82, 2.24) is 24.6 Å². The highest BCUT2D eigenvalue weighted by Gasteiger charge is 2.21. The Morgan fingerprint density at radius 1 is 1.14 bits per heavy atom. The van der Waals surface area contributed by atoms with E-state index in [1.807, 2.05) is 46.6 Å². The second kappa shape index (κ2) is 6.35. The van der Waals surface area contributed by atoms with Crippen molar-refractivity contribution in [2.24, 2.45) is 0 Å². The predicted molar refractivity (Wildman–Crippen MR) is 79.3 cm³/mol. The lowest BCUT2D eigenvalue weighted by Gasteiger charge is -2.07. The van der Waals surface area contributed by atoms with Crippen LogP contribution in [0.25, 0.3) is 0 Å². The molecule has 0 spiro atoms. The SMILES string of the molecule is O=C(Cc1cccn1Sc1ccccc1)C(=O)c1nn[nH]n1. The van der Waals surface area contributed by atoms with Gasteiger partial charge in [-0.1, -0.05) is 18.2 Å². The van der Waals surface area contributed by atoms with E-state index < -0.39 is 11.6 Å². The van der Waals surface area contributed by atoms with Crippen molar-refractivity contribution in [3.8, 4) is 0 Å². The zero-order chi connectivity index (χ0) is 15.4. The van der Waals surface area contributed by atoms with Crippen LogP contribution in [0.1, 0.15) is 16.3 Å². The molecule has 0 aliphatic heterocycles. The average Bonchev–Trinajstić information content (AvgIpc) is 3.20. The molecule has 3 rings (SSSR count). The van der Waals surface area contributed by atoms with Crippen LogP contribution in [0.2, 0.25) is 0 Å². The number of carbonyl (C=O) groups excluding carboxylic acids is 2. The molecule has 0 saturated carbocycles. The van der Waals surface area contributed by atoms with Crippen molar-refractivity contribution >= 4 is 23.5 Å². The number of Topliss-reactive ketones (excluding diaryl/α,β-unsaturated/α-hetero) is 2. The summed E-state index contributed by atoms with van der Waals surface area (Å²) < 4.78 is 1.86. The van der Waals surface area contributed by atoms with E-state index >= 15 is 0 Å². The molecule has 8 heteroatoms. The molecule has 0 aliphatic carbocycles. The molecule has 1 N–H and O–H groups in total. The van der Waals surface area contributed by atoms with Gasteiger partial charge in [0.25, 0.3) is 5.78 Å². The first-order valence-corrected chi connectivity index (χ1v) is 7.22. The van der Waals surface area contributed by atoms with Crippen molar-refractivity contribution in [2.45, 2.75) is 11.3 Å². The molecular formula is C14H11N5O2S. The number of hydrogen-bond acceptors (Lipinski definition) is 6. The Bertz CT molecular complexity index is 783. The van der Waals surface area contributed by atoms with Gasteiger partial charge in [-0.25, -0.2) is 0 Å². The first kappa shape index (κ1) is 14.2. The van der Waals surface area contributed by atoms with Crippen LogP contribution in [-0.2, 0) is 11.2 Å². The zero-order valence-electron chi connectivity index (χ0n) is 11.3. The Morgan fingerprint density at radius 2 is 1.95 bits per heavy atom. The second-order valence-electron chi connectivity index (χ2n) is 4.39. The van der Waals surface area contributed by atoms with E-state index in [0.717, 1.165) is 10.6 Å². The van der Waals surface area contributed by atoms with E-state index in [2.05, 4.69) is 20.6 Å². The molecular weight excluding hydrogens is 302 g/mol. The first-order chi connectivity index (χ1) is 10.7. The van der Waals surface area contributed by atoms with E-state index in [1.54, 1.807) is 6.07 Å². The predicted octanol–water partition coefficient (Wildman–Crippen LogP) is 1.55. The van der Waals surface area contributed by atoms with Crippen molar-refractivity contribution in [3.63, 3.8) is 0 Å². The number of ketones is 2. The third-order valence-electron chi connectivity index (χ3n) is 2.88. The summed E-state index contributed by atoms with van der Waals surface area (Å²) in [6.07, 6.45) is 1.83. The molecule has 0 aliphatic rings. The summed E-state index contributed by atoms with van der Waals surface area (Å²) in [6, 6.07) is 13.4. The number of tetrazole rings is 1. The minimum Gasteiger partial charge on any atom is -0.291 e. The van der Waals surface area contributed by atoms with Gasteiger partial charge < -0.3 is 0 Å². The number of H-pyrrole nitrogens is 1. The van der Waals surface area contributed by atoms with E-state index in [0.29, 0.717) is 0 Å². The summed E-state index contributed by atoms with van der Waals surface area (Å²) in [5.41, 5.74) is 0.732. The van der Waals surface area contributed by atoms with Crippen LogP contribution in [0.4, 0.5) is 0 Å². The Morgan fingerprint density at radius 3 is 2.68 bits per heavy atom. The highest BCUT2D eigenvalue weighted by atomic mass is 32.2. The van der Waals surface area contributed by atoms with Crippen LogP contribution in [0.5, 0.6) is 0 Å². The van der Waals surface area contributed by atoms with Crippen LogP contribution in [0.3, 0.4) is 0 Å². The number of carbonyl (C=O) groups is 2. The fourth-order valence-corrected chi connectivity index (χ4v) is 2.73. The summed E-state index contributed by atoms with van der Waals surface area (Å²) in [6.45, 7) is 0. The Labute approximate surface area is 129 Å². The Balaban J connectivity index is 1.72. The van der Waals surface area contributed by atoms with Gasteiger partial charge in [-0.3, -0.25) is 13.6 Å². The number of nitrogens with one attached hydrogen (secondary N) is 1. The molecule has 0 unspecified atom stereocenters. The van der Waals surface area contributed by atoms with Crippen LogP contribution < -0.4 is 0 Å². The molecule has 2 heterocycles. The van der Waals surface area contributed by atoms with Gasteiger partial charge in [-0.05, 0) is 41.4 Å². The van der Waals surface area contributed by atoms with Gasteiger partial charge in [0.15, 0.2) is 0 Å². The van der Waals surface area contributed by atoms with Crippen LogP contribution >= 0.6 is 11.9 Å². The minimum absolute atomic E-state index is 0.0137. The molecule has 0 radical (unpaired) electrons. The van der Waals surface area contributed by atoms with E-state index in [4.69, 9.17) is 0 Å². The van der Waals surface area contributed by atoms with Gasteiger partial charge in [0.2, 0.25) is 11.6 Å². The standard InChI is InChI=1S/C14H11N5O2S/c20-12(13(21)14-15-17-18-16-14)9-10-5-4-8-19(10)22-11-6-2-1-3-7-11/h1-8H,9H2,(H,15,16,17,18). The normalized spacial score (nSPS) is 10.5. The maximum absolute atomic E-state index is 12.0. The van der Waals surface area contributed by atoms with Gasteiger partial charge in [0.05, 0.1) is 6.42 Å². The molecule has 1 aromatic carbocycles. The minimum atomic E-state index is -0.744. The largest absolute Gasteiger partial charge is 0.291 e. The van der Waals surface area contributed by atoms with E-state index in [-0.39, 0.29) is 12.2 Å². The van der Waals surface area contributed by atoms with Crippen molar-refractivity contribution in [3.05, 3.63) is 60.2 Å². The van der Waals surface area contributed by atoms with Gasteiger partial charge in [0.1, 0.15) is 0 Å². The number of aromatic amines is 1. The van der Waals surface area contributed by atoms with Gasteiger partial charge >= 0.3 is 0 Å². The maximum atomic E-state index is 12.0. The van der Waals surface area contributed by atoms with Crippen molar-refractivity contribution in [2.75, 3.05) is 0 Å². The third-order valence-corrected chi connectivity index (χ3v) is 3.92. The quantitative estimate of drug-likeness (QED) is 0.548. The maximum Gasteiger partial charge on any atom is 0.269 e. The monoisotopic (exact) mass is 313 g/mol. The molecule has 0 fully saturated rings. The van der Waals surface area contributed by atoms with Crippen molar-refractivity contribution in [1.29, 1.82) is 0 Å². The molecule has 7 nitrogen and oxygen atoms in total. The molecule has 2 aromatic heterocycles. The average molecular weight is 313 g/mol. The fraction of sp³-hybridized carbons (Fsp3) is 0.0714. The lowest BCUT2D eigenvalue weighted by Crippen LogP contribution is -2.19. The van der Waals surface area contributed by atoms with E-state index in [1.165, 1.54) is 11.9 Å². The van der Waals surface area contributed by atoms with Crippen molar-refractivity contribution < 1.29 is 9.59 Å². The van der Waals surface area contributed by atoms with Gasteiger partial charge in [-0.2, -0.15) is 5.21 Å². The van der Waals surface area contributed by atoms with Crippen LogP contribution in [0.15, 0.2) is 53.6 Å². The lowest BCUT2D eigenvalue weighted by atomic mass is 10.1. The highest BCUT2D eigenvalue weighted by Crippen LogP contribution is 2.22. The molecule has 110 valence electrons. The fourth-order valence-electron chi connectivity index (χ4n) is 1.85.